The molecule has 2 aliphatic rings. The zero-order chi connectivity index (χ0) is 55.5. The Bertz CT molecular complexity index is 2630. The normalized spacial score (nSPS) is 23.1. The molecule has 0 spiro atoms. The van der Waals surface area contributed by atoms with Crippen molar-refractivity contribution in [2.75, 3.05) is 19.6 Å². The van der Waals surface area contributed by atoms with Gasteiger partial charge in [0.05, 0.1) is 12.1 Å². The molecule has 0 saturated carbocycles. The molecule has 0 bridgehead atoms. The highest BCUT2D eigenvalue weighted by atomic mass is 35.5. The number of nitrogens with zero attached hydrogens (tertiary/aromatic N) is 3. The van der Waals surface area contributed by atoms with E-state index in [0.29, 0.717) is 10.6 Å². The molecule has 0 unspecified atom stereocenters. The number of rotatable bonds is 16. The summed E-state index contributed by atoms with van der Waals surface area (Å²) < 4.78 is 0. The van der Waals surface area contributed by atoms with Gasteiger partial charge in [-0.05, 0) is 87.1 Å². The van der Waals surface area contributed by atoms with E-state index in [4.69, 9.17) is 40.3 Å². The fraction of sp³-hybridized carbons (Fsp3) is 0.519. The molecule has 2 aliphatic heterocycles. The predicted molar refractivity (Wildman–Crippen MR) is 285 cm³/mol. The predicted octanol–water partition coefficient (Wildman–Crippen LogP) is 0.194. The molecule has 3 heterocycles. The highest BCUT2D eigenvalue weighted by Crippen LogP contribution is 2.28. The Labute approximate surface area is 445 Å². The van der Waals surface area contributed by atoms with Gasteiger partial charge in [0.1, 0.15) is 35.7 Å². The highest BCUT2D eigenvalue weighted by Gasteiger charge is 2.43. The summed E-state index contributed by atoms with van der Waals surface area (Å²) in [4.78, 5) is 138. The molecule has 76 heavy (non-hydrogen) atoms. The molecule has 24 heteroatoms. The number of para-hydroxylation sites is 1. The van der Waals surface area contributed by atoms with E-state index in [2.05, 4.69) is 36.2 Å². The molecule has 23 nitrogen and oxygen atoms in total. The first kappa shape index (κ1) is 59.5. The number of aromatic amines is 1. The average Bonchev–Trinajstić information content (AvgIpc) is 3.97. The Morgan fingerprint density at radius 3 is 2.24 bits per heavy atom. The zero-order valence-electron chi connectivity index (χ0n) is 42.8. The van der Waals surface area contributed by atoms with Gasteiger partial charge in [0, 0.05) is 92.6 Å². The number of guanidine groups is 2. The molecule has 412 valence electrons. The minimum Gasteiger partial charge on any atom is -0.391 e. The van der Waals surface area contributed by atoms with Crippen LogP contribution in [0.2, 0.25) is 5.02 Å². The number of benzene rings is 2. The number of amides is 6. The number of halogens is 1. The van der Waals surface area contributed by atoms with Gasteiger partial charge in [0.25, 0.3) is 0 Å². The van der Waals surface area contributed by atoms with Crippen LogP contribution in [-0.4, -0.2) is 136 Å². The number of H-pyrrole nitrogens is 1. The number of aliphatic hydroxyl groups excluding tert-OH is 1. The van der Waals surface area contributed by atoms with Gasteiger partial charge >= 0.3 is 0 Å². The maximum absolute atomic E-state index is 14.8. The van der Waals surface area contributed by atoms with Crippen molar-refractivity contribution in [1.29, 1.82) is 0 Å². The Morgan fingerprint density at radius 1 is 0.829 bits per heavy atom. The van der Waals surface area contributed by atoms with E-state index in [1.165, 1.54) is 6.92 Å². The van der Waals surface area contributed by atoms with Crippen LogP contribution in [0, 0.1) is 11.8 Å². The monoisotopic (exact) mass is 1070 g/mol. The van der Waals surface area contributed by atoms with Crippen molar-refractivity contribution >= 4 is 87.2 Å². The van der Waals surface area contributed by atoms with Crippen LogP contribution in [0.15, 0.2) is 64.7 Å². The third kappa shape index (κ3) is 18.5. The van der Waals surface area contributed by atoms with Gasteiger partial charge in [0.15, 0.2) is 17.7 Å². The maximum atomic E-state index is 14.8. The van der Waals surface area contributed by atoms with E-state index in [0.717, 1.165) is 21.4 Å². The molecule has 2 fully saturated rings. The van der Waals surface area contributed by atoms with E-state index in [1.807, 2.05) is 24.3 Å². The summed E-state index contributed by atoms with van der Waals surface area (Å²) in [5.41, 5.74) is 30.0. The summed E-state index contributed by atoms with van der Waals surface area (Å²) in [5.74, 6) is -8.24. The molecule has 0 radical (unpaired) electrons. The first-order valence-corrected chi connectivity index (χ1v) is 26.0. The number of nitrogens with two attached hydrogens (primary N) is 5. The van der Waals surface area contributed by atoms with Crippen LogP contribution < -0.4 is 49.9 Å². The lowest BCUT2D eigenvalue weighted by molar-refractivity contribution is -0.143. The van der Waals surface area contributed by atoms with Crippen molar-refractivity contribution in [3.63, 3.8) is 0 Å². The number of aliphatic imine (C=N–C) groups is 2. The van der Waals surface area contributed by atoms with Gasteiger partial charge in [-0.3, -0.25) is 53.1 Å². The third-order valence-electron chi connectivity index (χ3n) is 13.6. The summed E-state index contributed by atoms with van der Waals surface area (Å²) in [5, 5.41) is 23.0. The van der Waals surface area contributed by atoms with Crippen molar-refractivity contribution in [2.45, 2.75) is 140 Å². The number of carbonyl (C=O) groups is 9. The molecule has 1 aromatic heterocycles. The van der Waals surface area contributed by atoms with E-state index in [-0.39, 0.29) is 127 Å². The Balaban J connectivity index is 1.54. The van der Waals surface area contributed by atoms with Gasteiger partial charge in [-0.15, -0.1) is 0 Å². The lowest BCUT2D eigenvalue weighted by Crippen LogP contribution is -2.57. The fourth-order valence-electron chi connectivity index (χ4n) is 9.68. The first-order chi connectivity index (χ1) is 36.2. The molecule has 16 N–H and O–H groups in total. The molecule has 2 aromatic carbocycles. The molecule has 8 atom stereocenters. The number of primary amides is 1. The summed E-state index contributed by atoms with van der Waals surface area (Å²) in [6, 6.07) is 7.49. The van der Waals surface area contributed by atoms with Crippen molar-refractivity contribution < 1.29 is 48.3 Å². The molecule has 5 rings (SSSR count). The quantitative estimate of drug-likeness (QED) is 0.0519. The fourth-order valence-corrected chi connectivity index (χ4v) is 9.90. The smallest absolute Gasteiger partial charge is 0.245 e. The topological polar surface area (TPSA) is 396 Å². The Morgan fingerprint density at radius 2 is 1.54 bits per heavy atom. The molecular weight excluding hydrogens is 1000 g/mol. The second-order valence-corrected chi connectivity index (χ2v) is 20.0. The number of Topliss-reactive ketones (excluding diaryl/α,β-unsaturated/α-hetero) is 3. The number of aromatic nitrogens is 1. The molecule has 6 amide bonds. The minimum absolute atomic E-state index is 0.0225. The van der Waals surface area contributed by atoms with E-state index < -0.39 is 102 Å². The van der Waals surface area contributed by atoms with Gasteiger partial charge in [0.2, 0.25) is 35.4 Å². The Hall–Kier alpha value is -7.40. The Kier molecular flexibility index (Phi) is 22.7. The number of hydrogen-bond donors (Lipinski definition) is 11. The van der Waals surface area contributed by atoms with Crippen molar-refractivity contribution in [3.8, 4) is 0 Å². The van der Waals surface area contributed by atoms with Crippen LogP contribution in [0.3, 0.4) is 0 Å². The SMILES string of the molecule is CC(=O)N[C@@H](CCCN=C(N)N)C(=O)N[C@H]1CCC(=O)CCCC[C@@H](C(N)=O)NC(=O)[C@H](Cc2c[nH]c3ccccc23)CC(=O)[C@H](CCCN=C(N)N)CC(=O)[C@@H](Cc2cccc(Cl)c2)NC(=O)[C@@H]2C[C@@H](O)CN2C1=O. The average molecular weight is 1070 g/mol. The summed E-state index contributed by atoms with van der Waals surface area (Å²) >= 11 is 6.37. The maximum Gasteiger partial charge on any atom is 0.245 e. The number of fused-ring (bicyclic) bond motifs is 2. The molecular formula is C52H72ClN13O10. The van der Waals surface area contributed by atoms with Crippen LogP contribution in [0.4, 0.5) is 0 Å². The summed E-state index contributed by atoms with van der Waals surface area (Å²) in [6.45, 7) is 1.09. The van der Waals surface area contributed by atoms with Crippen molar-refractivity contribution in [1.82, 2.24) is 31.2 Å². The standard InChI is InChI=1S/C52H72ClN13O10/c1-29(67)62-40(16-8-20-60-52(57)58)48(74)64-41-18-17-35(68)12-2-4-15-39(46(54)72)63-47(73)32(23-33-27-61-38-14-5-3-13-37(33)38)25-44(70)31(10-7-19-59-51(55)56)24-45(71)42(22-30-9-6-11-34(53)21-30)65-49(75)43-26-36(69)28-66(43)50(41)76/h3,5-6,9,11,13-14,21,27,31-32,36,39-43,61,69H,2,4,7-8,10,12,15-20,22-26,28H2,1H3,(H2,54,72)(H,62,67)(H,63,73)(H,64,74)(H,65,75)(H4,55,56,59)(H4,57,58,60)/t31-,32-,36-,39+,40+,41+,42-,43+/m1/s1. The van der Waals surface area contributed by atoms with E-state index in [9.17, 15) is 48.3 Å². The number of carbonyl (C=O) groups excluding carboxylic acids is 9. The van der Waals surface area contributed by atoms with Crippen molar-refractivity contribution in [2.24, 2.45) is 50.5 Å². The van der Waals surface area contributed by atoms with Crippen LogP contribution in [0.5, 0.6) is 0 Å². The number of nitrogens with one attached hydrogen (secondary N) is 5. The lowest BCUT2D eigenvalue weighted by Gasteiger charge is -2.30. The minimum atomic E-state index is -1.45. The van der Waals surface area contributed by atoms with Gasteiger partial charge in [-0.2, -0.15) is 0 Å². The molecule has 0 aliphatic carbocycles. The van der Waals surface area contributed by atoms with Crippen molar-refractivity contribution in [3.05, 3.63) is 70.9 Å². The second-order valence-electron chi connectivity index (χ2n) is 19.6. The lowest BCUT2D eigenvalue weighted by atomic mass is 9.83. The van der Waals surface area contributed by atoms with Gasteiger partial charge in [-0.1, -0.05) is 48.4 Å². The van der Waals surface area contributed by atoms with Crippen LogP contribution >= 0.6 is 11.6 Å². The number of hydrogen-bond acceptors (Lipinski definition) is 12. The number of aliphatic hydroxyl groups is 1. The molecule has 3 aromatic rings. The third-order valence-corrected chi connectivity index (χ3v) is 13.8. The summed E-state index contributed by atoms with van der Waals surface area (Å²) in [7, 11) is 0. The van der Waals surface area contributed by atoms with Crippen LogP contribution in [0.25, 0.3) is 10.9 Å². The van der Waals surface area contributed by atoms with Crippen LogP contribution in [0.1, 0.15) is 102 Å². The van der Waals surface area contributed by atoms with Crippen LogP contribution in [-0.2, 0) is 56.0 Å². The highest BCUT2D eigenvalue weighted by molar-refractivity contribution is 6.30. The zero-order valence-corrected chi connectivity index (χ0v) is 43.5. The number of ketones is 3. The summed E-state index contributed by atoms with van der Waals surface area (Å²) in [6.07, 6.45) is 0.0971. The van der Waals surface area contributed by atoms with E-state index in [1.54, 1.807) is 30.5 Å². The largest absolute Gasteiger partial charge is 0.391 e. The van der Waals surface area contributed by atoms with E-state index >= 15 is 0 Å². The van der Waals surface area contributed by atoms with Gasteiger partial charge < -0.3 is 64.9 Å². The van der Waals surface area contributed by atoms with Gasteiger partial charge in [-0.25, -0.2) is 0 Å². The first-order valence-electron chi connectivity index (χ1n) is 25.6. The molecule has 2 saturated heterocycles. The second kappa shape index (κ2) is 29.0.